The van der Waals surface area contributed by atoms with E-state index in [-0.39, 0.29) is 6.04 Å². The van der Waals surface area contributed by atoms with Crippen molar-refractivity contribution in [2.24, 2.45) is 0 Å². The molecule has 1 N–H and O–H groups in total. The predicted molar refractivity (Wildman–Crippen MR) is 85.7 cm³/mol. The van der Waals surface area contributed by atoms with Crippen LogP contribution in [0.25, 0.3) is 0 Å². The van der Waals surface area contributed by atoms with E-state index in [2.05, 4.69) is 43.4 Å². The second kappa shape index (κ2) is 11.7. The minimum absolute atomic E-state index is 0.240. The smallest absolute Gasteiger partial charge is 0.0701 e. The summed E-state index contributed by atoms with van der Waals surface area (Å²) in [7, 11) is 1.70. The van der Waals surface area contributed by atoms with Gasteiger partial charge in [-0.3, -0.25) is 0 Å². The normalized spacial score (nSPS) is 12.5. The van der Waals surface area contributed by atoms with E-state index in [1.165, 1.54) is 11.1 Å². The molecule has 4 nitrogen and oxygen atoms in total. The fourth-order valence-electron chi connectivity index (χ4n) is 2.21. The van der Waals surface area contributed by atoms with Gasteiger partial charge >= 0.3 is 0 Å². The molecule has 1 aromatic carbocycles. The SMILES string of the molecule is CCNC(COCCOCCCOC)c1ccccc1C. The van der Waals surface area contributed by atoms with Crippen molar-refractivity contribution in [2.45, 2.75) is 26.3 Å². The van der Waals surface area contributed by atoms with Crippen LogP contribution < -0.4 is 5.32 Å². The molecular weight excluding hydrogens is 266 g/mol. The molecule has 0 saturated heterocycles. The van der Waals surface area contributed by atoms with Gasteiger partial charge in [0.1, 0.15) is 0 Å². The molecule has 120 valence electrons. The third kappa shape index (κ3) is 7.58. The second-order valence-electron chi connectivity index (χ2n) is 5.00. The lowest BCUT2D eigenvalue weighted by Gasteiger charge is -2.20. The molecule has 0 spiro atoms. The highest BCUT2D eigenvalue weighted by Crippen LogP contribution is 2.17. The van der Waals surface area contributed by atoms with E-state index in [1.54, 1.807) is 7.11 Å². The predicted octanol–water partition coefficient (Wildman–Crippen LogP) is 2.72. The Bertz CT molecular complexity index is 371. The zero-order valence-electron chi connectivity index (χ0n) is 13.6. The minimum atomic E-state index is 0.240. The highest BCUT2D eigenvalue weighted by molar-refractivity contribution is 5.28. The van der Waals surface area contributed by atoms with E-state index in [1.807, 2.05) is 0 Å². The molecule has 0 aliphatic carbocycles. The molecule has 21 heavy (non-hydrogen) atoms. The van der Waals surface area contributed by atoms with E-state index in [0.29, 0.717) is 19.8 Å². The molecule has 1 aromatic rings. The van der Waals surface area contributed by atoms with Crippen LogP contribution in [0.3, 0.4) is 0 Å². The largest absolute Gasteiger partial charge is 0.385 e. The van der Waals surface area contributed by atoms with Crippen LogP contribution >= 0.6 is 0 Å². The lowest BCUT2D eigenvalue weighted by atomic mass is 10.0. The maximum absolute atomic E-state index is 5.75. The summed E-state index contributed by atoms with van der Waals surface area (Å²) >= 11 is 0. The van der Waals surface area contributed by atoms with Crippen LogP contribution in [-0.4, -0.2) is 46.7 Å². The number of ether oxygens (including phenoxy) is 3. The highest BCUT2D eigenvalue weighted by Gasteiger charge is 2.12. The van der Waals surface area contributed by atoms with Gasteiger partial charge in [0.15, 0.2) is 0 Å². The molecule has 0 saturated carbocycles. The van der Waals surface area contributed by atoms with Gasteiger partial charge in [0, 0.05) is 20.3 Å². The van der Waals surface area contributed by atoms with Gasteiger partial charge in [0.05, 0.1) is 25.9 Å². The Morgan fingerprint density at radius 1 is 1.05 bits per heavy atom. The van der Waals surface area contributed by atoms with Crippen molar-refractivity contribution in [3.05, 3.63) is 35.4 Å². The summed E-state index contributed by atoms with van der Waals surface area (Å²) in [6.07, 6.45) is 0.930. The number of methoxy groups -OCH3 is 1. The molecule has 0 radical (unpaired) electrons. The van der Waals surface area contributed by atoms with Gasteiger partial charge in [0.25, 0.3) is 0 Å². The van der Waals surface area contributed by atoms with E-state index in [0.717, 1.165) is 26.2 Å². The number of nitrogens with one attached hydrogen (secondary N) is 1. The lowest BCUT2D eigenvalue weighted by Crippen LogP contribution is -2.26. The first-order valence-electron chi connectivity index (χ1n) is 7.73. The van der Waals surface area contributed by atoms with Crippen LogP contribution in [0.4, 0.5) is 0 Å². The van der Waals surface area contributed by atoms with Crippen molar-refractivity contribution < 1.29 is 14.2 Å². The van der Waals surface area contributed by atoms with Gasteiger partial charge in [-0.25, -0.2) is 0 Å². The summed E-state index contributed by atoms with van der Waals surface area (Å²) in [5.74, 6) is 0. The maximum atomic E-state index is 5.75. The molecule has 0 amide bonds. The summed E-state index contributed by atoms with van der Waals surface area (Å²) in [6.45, 7) is 8.58. The Morgan fingerprint density at radius 3 is 2.52 bits per heavy atom. The number of aryl methyl sites for hydroxylation is 1. The van der Waals surface area contributed by atoms with Gasteiger partial charge in [-0.2, -0.15) is 0 Å². The number of likely N-dealkylation sites (N-methyl/N-ethyl adjacent to an activating group) is 1. The molecular formula is C17H29NO3. The van der Waals surface area contributed by atoms with Crippen molar-refractivity contribution in [1.82, 2.24) is 5.32 Å². The average molecular weight is 295 g/mol. The molecule has 0 aliphatic rings. The van der Waals surface area contributed by atoms with Crippen LogP contribution in [0.5, 0.6) is 0 Å². The maximum Gasteiger partial charge on any atom is 0.0701 e. The molecule has 0 heterocycles. The Labute approximate surface area is 128 Å². The average Bonchev–Trinajstić information content (AvgIpc) is 2.49. The van der Waals surface area contributed by atoms with E-state index >= 15 is 0 Å². The zero-order chi connectivity index (χ0) is 15.3. The van der Waals surface area contributed by atoms with Crippen molar-refractivity contribution in [1.29, 1.82) is 0 Å². The van der Waals surface area contributed by atoms with Crippen LogP contribution in [0.2, 0.25) is 0 Å². The Balaban J connectivity index is 2.25. The summed E-state index contributed by atoms with van der Waals surface area (Å²) in [6, 6.07) is 8.68. The standard InChI is InChI=1S/C17H29NO3/c1-4-18-17(16-9-6-5-8-15(16)2)14-21-13-12-20-11-7-10-19-3/h5-6,8-9,17-18H,4,7,10-14H2,1-3H3. The molecule has 0 fully saturated rings. The van der Waals surface area contributed by atoms with Gasteiger partial charge in [-0.15, -0.1) is 0 Å². The Hall–Kier alpha value is -0.940. The molecule has 0 aliphatic heterocycles. The summed E-state index contributed by atoms with van der Waals surface area (Å²) in [5.41, 5.74) is 2.60. The first-order chi connectivity index (χ1) is 10.3. The van der Waals surface area contributed by atoms with Gasteiger partial charge < -0.3 is 19.5 Å². The summed E-state index contributed by atoms with van der Waals surface area (Å²) in [4.78, 5) is 0. The lowest BCUT2D eigenvalue weighted by molar-refractivity contribution is 0.0325. The topological polar surface area (TPSA) is 39.7 Å². The fourth-order valence-corrected chi connectivity index (χ4v) is 2.21. The summed E-state index contributed by atoms with van der Waals surface area (Å²) in [5, 5.41) is 3.48. The highest BCUT2D eigenvalue weighted by atomic mass is 16.5. The second-order valence-corrected chi connectivity index (χ2v) is 5.00. The minimum Gasteiger partial charge on any atom is -0.385 e. The van der Waals surface area contributed by atoms with Crippen molar-refractivity contribution >= 4 is 0 Å². The quantitative estimate of drug-likeness (QED) is 0.602. The monoisotopic (exact) mass is 295 g/mol. The van der Waals surface area contributed by atoms with E-state index < -0.39 is 0 Å². The number of benzene rings is 1. The van der Waals surface area contributed by atoms with Crippen LogP contribution in [0, 0.1) is 6.92 Å². The third-order valence-electron chi connectivity index (χ3n) is 3.31. The first-order valence-corrected chi connectivity index (χ1v) is 7.73. The van der Waals surface area contributed by atoms with Crippen molar-refractivity contribution in [3.8, 4) is 0 Å². The molecule has 1 atom stereocenters. The number of rotatable bonds is 12. The number of hydrogen-bond acceptors (Lipinski definition) is 4. The van der Waals surface area contributed by atoms with Crippen LogP contribution in [-0.2, 0) is 14.2 Å². The van der Waals surface area contributed by atoms with E-state index in [9.17, 15) is 0 Å². The van der Waals surface area contributed by atoms with Crippen molar-refractivity contribution in [3.63, 3.8) is 0 Å². The van der Waals surface area contributed by atoms with Gasteiger partial charge in [-0.1, -0.05) is 31.2 Å². The molecule has 1 unspecified atom stereocenters. The first kappa shape index (κ1) is 18.1. The number of hydrogen-bond donors (Lipinski definition) is 1. The zero-order valence-corrected chi connectivity index (χ0v) is 13.6. The van der Waals surface area contributed by atoms with Crippen LogP contribution in [0.15, 0.2) is 24.3 Å². The van der Waals surface area contributed by atoms with Crippen molar-refractivity contribution in [2.75, 3.05) is 46.7 Å². The fraction of sp³-hybridized carbons (Fsp3) is 0.647. The molecule has 0 aromatic heterocycles. The molecule has 0 bridgehead atoms. The van der Waals surface area contributed by atoms with Gasteiger partial charge in [0.2, 0.25) is 0 Å². The third-order valence-corrected chi connectivity index (χ3v) is 3.31. The van der Waals surface area contributed by atoms with Gasteiger partial charge in [-0.05, 0) is 31.0 Å². The summed E-state index contributed by atoms with van der Waals surface area (Å²) < 4.78 is 16.2. The Kier molecular flexibility index (Phi) is 10.1. The molecule has 4 heteroatoms. The van der Waals surface area contributed by atoms with Crippen LogP contribution in [0.1, 0.15) is 30.5 Å². The molecule has 1 rings (SSSR count). The Morgan fingerprint density at radius 2 is 1.81 bits per heavy atom. The van der Waals surface area contributed by atoms with E-state index in [4.69, 9.17) is 14.2 Å².